The molecule has 0 fully saturated rings. The topological polar surface area (TPSA) is 82.1 Å². The number of amides is 1. The van der Waals surface area contributed by atoms with Crippen LogP contribution >= 0.6 is 0 Å². The largest absolute Gasteiger partial charge is 0.318 e. The van der Waals surface area contributed by atoms with Crippen LogP contribution in [0.4, 0.5) is 5.69 Å². The van der Waals surface area contributed by atoms with Gasteiger partial charge >= 0.3 is 0 Å². The van der Waals surface area contributed by atoms with Crippen LogP contribution in [0.5, 0.6) is 0 Å². The zero-order valence-electron chi connectivity index (χ0n) is 12.7. The molecule has 21 heavy (non-hydrogen) atoms. The van der Waals surface area contributed by atoms with Gasteiger partial charge in [0.1, 0.15) is 5.69 Å². The highest BCUT2D eigenvalue weighted by Crippen LogP contribution is 2.15. The number of hydrogen-bond donors (Lipinski definition) is 2. The number of rotatable bonds is 3. The molecule has 2 rings (SSSR count). The lowest BCUT2D eigenvalue weighted by molar-refractivity contribution is -0.120. The lowest BCUT2D eigenvalue weighted by Crippen LogP contribution is -2.46. The Labute approximate surface area is 123 Å². The molecule has 0 aliphatic rings. The van der Waals surface area contributed by atoms with Gasteiger partial charge in [0.15, 0.2) is 0 Å². The molecule has 0 atom stereocenters. The predicted octanol–water partition coefficient (Wildman–Crippen LogP) is 1.16. The molecule has 1 heterocycles. The van der Waals surface area contributed by atoms with E-state index in [0.29, 0.717) is 5.69 Å². The number of nitrogens with two attached hydrogens (primary N) is 1. The highest BCUT2D eigenvalue weighted by atomic mass is 16.2. The van der Waals surface area contributed by atoms with Gasteiger partial charge in [-0.25, -0.2) is 4.68 Å². The van der Waals surface area contributed by atoms with Crippen molar-refractivity contribution >= 4 is 11.6 Å². The summed E-state index contributed by atoms with van der Waals surface area (Å²) in [5, 5.41) is 2.63. The van der Waals surface area contributed by atoms with Crippen molar-refractivity contribution in [1.29, 1.82) is 0 Å². The fourth-order valence-electron chi connectivity index (χ4n) is 1.99. The molecular formula is C15H20N4O2. The van der Waals surface area contributed by atoms with E-state index in [9.17, 15) is 9.59 Å². The smallest absolute Gasteiger partial charge is 0.295 e. The zero-order chi connectivity index (χ0) is 15.8. The molecule has 6 heteroatoms. The van der Waals surface area contributed by atoms with E-state index in [1.54, 1.807) is 32.5 Å². The quantitative estimate of drug-likeness (QED) is 0.889. The standard InChI is InChI=1S/C15H20N4O2/c1-10-12(17-14(21)15(2,3)16)13(20)19(18(10)4)11-8-6-5-7-9-11/h5-9H,16H2,1-4H3,(H,17,21). The van der Waals surface area contributed by atoms with Crippen LogP contribution in [0, 0.1) is 6.92 Å². The Morgan fingerprint density at radius 2 is 1.81 bits per heavy atom. The molecule has 1 amide bonds. The summed E-state index contributed by atoms with van der Waals surface area (Å²) in [6.45, 7) is 4.96. The first-order chi connectivity index (χ1) is 9.73. The number of carbonyl (C=O) groups is 1. The van der Waals surface area contributed by atoms with Crippen molar-refractivity contribution in [2.45, 2.75) is 26.3 Å². The number of aromatic nitrogens is 2. The van der Waals surface area contributed by atoms with Crippen molar-refractivity contribution in [2.24, 2.45) is 12.8 Å². The molecule has 1 aromatic carbocycles. The van der Waals surface area contributed by atoms with Crippen LogP contribution in [-0.2, 0) is 11.8 Å². The maximum absolute atomic E-state index is 12.6. The monoisotopic (exact) mass is 288 g/mol. The van der Waals surface area contributed by atoms with Crippen LogP contribution in [0.1, 0.15) is 19.5 Å². The number of hydrogen-bond acceptors (Lipinski definition) is 3. The molecule has 0 aliphatic heterocycles. The predicted molar refractivity (Wildman–Crippen MR) is 82.6 cm³/mol. The second-order valence-electron chi connectivity index (χ2n) is 5.61. The third-order valence-electron chi connectivity index (χ3n) is 3.38. The third-order valence-corrected chi connectivity index (χ3v) is 3.38. The van der Waals surface area contributed by atoms with Gasteiger partial charge in [0.05, 0.1) is 16.9 Å². The minimum Gasteiger partial charge on any atom is -0.318 e. The molecule has 1 aromatic heterocycles. The number of carbonyl (C=O) groups excluding carboxylic acids is 1. The van der Waals surface area contributed by atoms with Crippen LogP contribution in [0.15, 0.2) is 35.1 Å². The highest BCUT2D eigenvalue weighted by molar-refractivity contribution is 5.97. The molecule has 3 N–H and O–H groups in total. The minimum absolute atomic E-state index is 0.255. The Morgan fingerprint density at radius 3 is 2.33 bits per heavy atom. The first-order valence-corrected chi connectivity index (χ1v) is 6.68. The van der Waals surface area contributed by atoms with E-state index in [0.717, 1.165) is 5.69 Å². The number of para-hydroxylation sites is 1. The van der Waals surface area contributed by atoms with Crippen LogP contribution in [-0.4, -0.2) is 20.8 Å². The molecule has 0 radical (unpaired) electrons. The lowest BCUT2D eigenvalue weighted by atomic mass is 10.1. The van der Waals surface area contributed by atoms with Crippen molar-refractivity contribution in [3.05, 3.63) is 46.4 Å². The summed E-state index contributed by atoms with van der Waals surface area (Å²) in [6.07, 6.45) is 0. The Morgan fingerprint density at radius 1 is 1.24 bits per heavy atom. The maximum atomic E-state index is 12.6. The highest BCUT2D eigenvalue weighted by Gasteiger charge is 2.25. The minimum atomic E-state index is -1.05. The van der Waals surface area contributed by atoms with Crippen molar-refractivity contribution in [2.75, 3.05) is 5.32 Å². The number of nitrogens with one attached hydrogen (secondary N) is 1. The van der Waals surface area contributed by atoms with E-state index >= 15 is 0 Å². The van der Waals surface area contributed by atoms with Gasteiger partial charge in [0.25, 0.3) is 5.56 Å². The Hall–Kier alpha value is -2.34. The van der Waals surface area contributed by atoms with E-state index in [2.05, 4.69) is 5.32 Å². The molecule has 0 bridgehead atoms. The van der Waals surface area contributed by atoms with Crippen LogP contribution < -0.4 is 16.6 Å². The van der Waals surface area contributed by atoms with Gasteiger partial charge in [-0.2, -0.15) is 0 Å². The molecular weight excluding hydrogens is 268 g/mol. The molecule has 0 saturated carbocycles. The van der Waals surface area contributed by atoms with Crippen molar-refractivity contribution in [3.8, 4) is 5.69 Å². The average molecular weight is 288 g/mol. The fraction of sp³-hybridized carbons (Fsp3) is 0.333. The summed E-state index contributed by atoms with van der Waals surface area (Å²) in [7, 11) is 1.77. The summed E-state index contributed by atoms with van der Waals surface area (Å²) in [5.41, 5.74) is 6.09. The molecule has 0 spiro atoms. The van der Waals surface area contributed by atoms with Gasteiger partial charge in [0.2, 0.25) is 5.91 Å². The SMILES string of the molecule is Cc1c(NC(=O)C(C)(C)N)c(=O)n(-c2ccccc2)n1C. The molecule has 0 aliphatic carbocycles. The Balaban J connectivity index is 2.52. The lowest BCUT2D eigenvalue weighted by Gasteiger charge is -2.16. The third kappa shape index (κ3) is 2.75. The normalized spacial score (nSPS) is 11.5. The summed E-state index contributed by atoms with van der Waals surface area (Å²) in [5.74, 6) is -0.395. The second kappa shape index (κ2) is 5.21. The molecule has 2 aromatic rings. The van der Waals surface area contributed by atoms with Crippen molar-refractivity contribution < 1.29 is 4.79 Å². The van der Waals surface area contributed by atoms with Gasteiger partial charge in [-0.3, -0.25) is 14.3 Å². The Bertz CT molecular complexity index is 721. The molecule has 112 valence electrons. The number of nitrogens with zero attached hydrogens (tertiary/aromatic N) is 2. The number of anilines is 1. The molecule has 0 saturated heterocycles. The van der Waals surface area contributed by atoms with E-state index in [1.807, 2.05) is 30.3 Å². The second-order valence-corrected chi connectivity index (χ2v) is 5.61. The maximum Gasteiger partial charge on any atom is 0.295 e. The fourth-order valence-corrected chi connectivity index (χ4v) is 1.99. The summed E-state index contributed by atoms with van der Waals surface area (Å²) >= 11 is 0. The molecule has 6 nitrogen and oxygen atoms in total. The first kappa shape index (κ1) is 15.1. The van der Waals surface area contributed by atoms with E-state index in [4.69, 9.17) is 5.73 Å². The van der Waals surface area contributed by atoms with Gasteiger partial charge < -0.3 is 11.1 Å². The van der Waals surface area contributed by atoms with Gasteiger partial charge in [-0.15, -0.1) is 0 Å². The van der Waals surface area contributed by atoms with Crippen LogP contribution in [0.25, 0.3) is 5.69 Å². The summed E-state index contributed by atoms with van der Waals surface area (Å²) in [4.78, 5) is 24.6. The van der Waals surface area contributed by atoms with Crippen LogP contribution in [0.3, 0.4) is 0 Å². The number of benzene rings is 1. The van der Waals surface area contributed by atoms with Gasteiger partial charge in [-0.05, 0) is 32.9 Å². The first-order valence-electron chi connectivity index (χ1n) is 6.68. The zero-order valence-corrected chi connectivity index (χ0v) is 12.7. The van der Waals surface area contributed by atoms with E-state index < -0.39 is 11.4 Å². The summed E-state index contributed by atoms with van der Waals surface area (Å²) in [6, 6.07) is 9.25. The average Bonchev–Trinajstić information content (AvgIpc) is 2.63. The van der Waals surface area contributed by atoms with E-state index in [1.165, 1.54) is 4.68 Å². The summed E-state index contributed by atoms with van der Waals surface area (Å²) < 4.78 is 3.21. The van der Waals surface area contributed by atoms with E-state index in [-0.39, 0.29) is 11.2 Å². The van der Waals surface area contributed by atoms with Crippen LogP contribution in [0.2, 0.25) is 0 Å². The van der Waals surface area contributed by atoms with Crippen molar-refractivity contribution in [1.82, 2.24) is 9.36 Å². The Kier molecular flexibility index (Phi) is 3.74. The van der Waals surface area contributed by atoms with Gasteiger partial charge in [-0.1, -0.05) is 18.2 Å². The molecule has 0 unspecified atom stereocenters. The van der Waals surface area contributed by atoms with Crippen molar-refractivity contribution in [3.63, 3.8) is 0 Å². The van der Waals surface area contributed by atoms with Gasteiger partial charge in [0, 0.05) is 7.05 Å².